The Morgan fingerprint density at radius 2 is 1.79 bits per heavy atom. The molecule has 0 N–H and O–H groups in total. The van der Waals surface area contributed by atoms with Gasteiger partial charge in [0.05, 0.1) is 22.2 Å². The first-order valence-corrected chi connectivity index (χ1v) is 8.93. The van der Waals surface area contributed by atoms with Crippen LogP contribution < -0.4 is 0 Å². The summed E-state index contributed by atoms with van der Waals surface area (Å²) in [4.78, 5) is 15.0. The van der Waals surface area contributed by atoms with E-state index in [1.165, 1.54) is 17.7 Å². The molecular weight excluding hydrogens is 370 g/mol. The maximum atomic E-state index is 10.9. The van der Waals surface area contributed by atoms with Gasteiger partial charge in [0.25, 0.3) is 5.69 Å². The maximum Gasteiger partial charge on any atom is 0.269 e. The third-order valence-electron chi connectivity index (χ3n) is 4.89. The van der Waals surface area contributed by atoms with Gasteiger partial charge in [-0.3, -0.25) is 14.5 Å². The van der Waals surface area contributed by atoms with Gasteiger partial charge in [0.1, 0.15) is 6.33 Å². The molecule has 0 amide bonds. The van der Waals surface area contributed by atoms with E-state index in [0.717, 1.165) is 16.6 Å². The van der Waals surface area contributed by atoms with E-state index in [9.17, 15) is 10.1 Å². The Morgan fingerprint density at radius 3 is 2.52 bits per heavy atom. The summed E-state index contributed by atoms with van der Waals surface area (Å²) in [6.45, 7) is 4.09. The molecule has 9 heteroatoms. The second kappa shape index (κ2) is 6.20. The molecule has 0 bridgehead atoms. The molecule has 0 aliphatic heterocycles. The molecule has 0 aliphatic carbocycles. The molecule has 0 saturated carbocycles. The Bertz CT molecular complexity index is 1400. The van der Waals surface area contributed by atoms with Gasteiger partial charge in [-0.25, -0.2) is 9.67 Å². The lowest BCUT2D eigenvalue weighted by atomic mass is 10.1. The zero-order valence-electron chi connectivity index (χ0n) is 15.6. The van der Waals surface area contributed by atoms with Crippen LogP contribution in [0.25, 0.3) is 33.8 Å². The predicted octanol–water partition coefficient (Wildman–Crippen LogP) is 3.66. The highest BCUT2D eigenvalue weighted by Crippen LogP contribution is 2.26. The highest BCUT2D eigenvalue weighted by atomic mass is 16.6. The largest absolute Gasteiger partial charge is 0.269 e. The summed E-state index contributed by atoms with van der Waals surface area (Å²) in [5.41, 5.74) is 5.29. The van der Waals surface area contributed by atoms with Crippen LogP contribution in [0, 0.1) is 24.0 Å². The van der Waals surface area contributed by atoms with E-state index in [1.54, 1.807) is 33.7 Å². The lowest BCUT2D eigenvalue weighted by molar-refractivity contribution is -0.384. The molecule has 0 saturated heterocycles. The summed E-state index contributed by atoms with van der Waals surface area (Å²) in [5.74, 6) is 0.559. The second-order valence-electron chi connectivity index (χ2n) is 6.85. The minimum Gasteiger partial charge on any atom is -0.265 e. The molecule has 2 aromatic carbocycles. The number of nitro benzene ring substituents is 1. The molecule has 3 aromatic heterocycles. The number of benzene rings is 2. The maximum absolute atomic E-state index is 10.9. The minimum absolute atomic E-state index is 0.0258. The van der Waals surface area contributed by atoms with Gasteiger partial charge in [-0.05, 0) is 37.6 Å². The average molecular weight is 385 g/mol. The summed E-state index contributed by atoms with van der Waals surface area (Å²) < 4.78 is 3.56. The lowest BCUT2D eigenvalue weighted by Crippen LogP contribution is -2.01. The van der Waals surface area contributed by atoms with Crippen molar-refractivity contribution in [2.45, 2.75) is 13.8 Å². The fourth-order valence-corrected chi connectivity index (χ4v) is 3.47. The zero-order chi connectivity index (χ0) is 20.1. The van der Waals surface area contributed by atoms with E-state index in [2.05, 4.69) is 33.3 Å². The number of hydrogen-bond acceptors (Lipinski definition) is 6. The molecule has 0 radical (unpaired) electrons. The van der Waals surface area contributed by atoms with E-state index in [4.69, 9.17) is 0 Å². The minimum atomic E-state index is -0.432. The van der Waals surface area contributed by atoms with Gasteiger partial charge in [0.2, 0.25) is 0 Å². The highest BCUT2D eigenvalue weighted by molar-refractivity contribution is 5.90. The van der Waals surface area contributed by atoms with Crippen molar-refractivity contribution >= 4 is 22.4 Å². The molecule has 142 valence electrons. The zero-order valence-corrected chi connectivity index (χ0v) is 15.6. The van der Waals surface area contributed by atoms with E-state index in [1.807, 2.05) is 19.1 Å². The van der Waals surface area contributed by atoms with E-state index in [-0.39, 0.29) is 5.69 Å². The molecular formula is C20H15N7O2. The fourth-order valence-electron chi connectivity index (χ4n) is 3.47. The van der Waals surface area contributed by atoms with Crippen LogP contribution in [0.3, 0.4) is 0 Å². The standard InChI is InChI=1S/C20H15N7O2/c1-12-3-8-17(13(2)9-12)26-19-16(10-22-26)20-24-23-18(25(20)11-21-19)14-4-6-15(7-5-14)27(28)29/h3-11H,1-2H3. The van der Waals surface area contributed by atoms with Crippen LogP contribution in [-0.2, 0) is 0 Å². The topological polar surface area (TPSA) is 104 Å². The Labute approximate surface area is 164 Å². The molecule has 0 fully saturated rings. The summed E-state index contributed by atoms with van der Waals surface area (Å²) in [6, 6.07) is 12.4. The van der Waals surface area contributed by atoms with Crippen LogP contribution in [-0.4, -0.2) is 34.3 Å². The first kappa shape index (κ1) is 17.0. The number of fused-ring (bicyclic) bond motifs is 3. The van der Waals surface area contributed by atoms with Crippen LogP contribution in [0.4, 0.5) is 5.69 Å². The van der Waals surface area contributed by atoms with Crippen LogP contribution >= 0.6 is 0 Å². The summed E-state index contributed by atoms with van der Waals surface area (Å²) >= 11 is 0. The van der Waals surface area contributed by atoms with Crippen molar-refractivity contribution in [3.63, 3.8) is 0 Å². The van der Waals surface area contributed by atoms with Crippen molar-refractivity contribution in [2.24, 2.45) is 0 Å². The number of hydrogen-bond donors (Lipinski definition) is 0. The quantitative estimate of drug-likeness (QED) is 0.347. The van der Waals surface area contributed by atoms with Gasteiger partial charge in [-0.2, -0.15) is 5.10 Å². The van der Waals surface area contributed by atoms with Gasteiger partial charge in [-0.1, -0.05) is 17.7 Å². The number of non-ortho nitro benzene ring substituents is 1. The molecule has 29 heavy (non-hydrogen) atoms. The number of nitro groups is 1. The molecule has 9 nitrogen and oxygen atoms in total. The number of nitrogens with zero attached hydrogens (tertiary/aromatic N) is 7. The van der Waals surface area contributed by atoms with Crippen molar-refractivity contribution in [3.8, 4) is 17.1 Å². The third kappa shape index (κ3) is 2.63. The monoisotopic (exact) mass is 385 g/mol. The van der Waals surface area contributed by atoms with E-state index < -0.39 is 4.92 Å². The number of rotatable bonds is 3. The molecule has 0 unspecified atom stereocenters. The molecule has 0 atom stereocenters. The Hall–Kier alpha value is -4.14. The molecule has 5 rings (SSSR count). The van der Waals surface area contributed by atoms with Gasteiger partial charge < -0.3 is 0 Å². The van der Waals surface area contributed by atoms with Crippen molar-refractivity contribution in [3.05, 3.63) is 76.2 Å². The van der Waals surface area contributed by atoms with Crippen LogP contribution in [0.2, 0.25) is 0 Å². The first-order valence-electron chi connectivity index (χ1n) is 8.93. The summed E-state index contributed by atoms with van der Waals surface area (Å²) in [6.07, 6.45) is 3.38. The SMILES string of the molecule is Cc1ccc(-n2ncc3c2ncn2c(-c4ccc([N+](=O)[O-])cc4)nnc32)c(C)c1. The first-order chi connectivity index (χ1) is 14.0. The lowest BCUT2D eigenvalue weighted by Gasteiger charge is -2.08. The molecule has 3 heterocycles. The Kier molecular flexibility index (Phi) is 3.63. The number of aromatic nitrogens is 6. The Morgan fingerprint density at radius 1 is 1.00 bits per heavy atom. The molecule has 5 aromatic rings. The van der Waals surface area contributed by atoms with Gasteiger partial charge in [0, 0.05) is 17.7 Å². The van der Waals surface area contributed by atoms with Crippen LogP contribution in [0.1, 0.15) is 11.1 Å². The third-order valence-corrected chi connectivity index (χ3v) is 4.89. The van der Waals surface area contributed by atoms with Gasteiger partial charge in [-0.15, -0.1) is 10.2 Å². The Balaban J connectivity index is 1.66. The van der Waals surface area contributed by atoms with Gasteiger partial charge >= 0.3 is 0 Å². The van der Waals surface area contributed by atoms with Crippen LogP contribution in [0.5, 0.6) is 0 Å². The highest BCUT2D eigenvalue weighted by Gasteiger charge is 2.16. The predicted molar refractivity (Wildman–Crippen MR) is 107 cm³/mol. The molecule has 0 spiro atoms. The summed E-state index contributed by atoms with van der Waals surface area (Å²) in [5, 5.41) is 24.7. The number of aryl methyl sites for hydroxylation is 2. The smallest absolute Gasteiger partial charge is 0.265 e. The second-order valence-corrected chi connectivity index (χ2v) is 6.85. The van der Waals surface area contributed by atoms with Crippen molar-refractivity contribution < 1.29 is 4.92 Å². The van der Waals surface area contributed by atoms with Crippen molar-refractivity contribution in [2.75, 3.05) is 0 Å². The average Bonchev–Trinajstić information content (AvgIpc) is 3.32. The summed E-state index contributed by atoms with van der Waals surface area (Å²) in [7, 11) is 0. The van der Waals surface area contributed by atoms with Crippen molar-refractivity contribution in [1.82, 2.24) is 29.4 Å². The van der Waals surface area contributed by atoms with Crippen LogP contribution in [0.15, 0.2) is 55.0 Å². The normalized spacial score (nSPS) is 11.4. The molecule has 0 aliphatic rings. The van der Waals surface area contributed by atoms with Crippen molar-refractivity contribution in [1.29, 1.82) is 0 Å². The fraction of sp³-hybridized carbons (Fsp3) is 0.100. The van der Waals surface area contributed by atoms with E-state index in [0.29, 0.717) is 22.7 Å². The van der Waals surface area contributed by atoms with E-state index >= 15 is 0 Å². The van der Waals surface area contributed by atoms with Gasteiger partial charge in [0.15, 0.2) is 17.1 Å².